The van der Waals surface area contributed by atoms with Gasteiger partial charge in [-0.15, -0.1) is 0 Å². The van der Waals surface area contributed by atoms with E-state index in [0.29, 0.717) is 25.5 Å². The number of nitrogen functional groups attached to an aromatic ring is 1. The Hall–Kier alpha value is -3.87. The quantitative estimate of drug-likeness (QED) is 0.550. The van der Waals surface area contributed by atoms with Crippen LogP contribution in [0.15, 0.2) is 61.1 Å². The number of urea groups is 1. The van der Waals surface area contributed by atoms with Gasteiger partial charge in [0.05, 0.1) is 5.39 Å². The summed E-state index contributed by atoms with van der Waals surface area (Å²) in [6.45, 7) is 4.09. The standard InChI is InChI=1S/C24H24N6O/c1-16-4-3-5-17(12-16)13-29-10-11-30(24(29)31)19-8-6-18(7-9-19)20-14-28(2)23-21(20)22(25)26-15-27-23/h3-9,12,14-15H,10-11,13H2,1-2H3,(H2,25,26,27). The van der Waals surface area contributed by atoms with Crippen LogP contribution in [0, 0.1) is 6.92 Å². The van der Waals surface area contributed by atoms with Crippen LogP contribution >= 0.6 is 0 Å². The third-order valence-electron chi connectivity index (χ3n) is 5.82. The fourth-order valence-corrected chi connectivity index (χ4v) is 4.27. The molecule has 4 aromatic rings. The van der Waals surface area contributed by atoms with Gasteiger partial charge in [0.25, 0.3) is 0 Å². The van der Waals surface area contributed by atoms with Gasteiger partial charge in [0.1, 0.15) is 17.8 Å². The summed E-state index contributed by atoms with van der Waals surface area (Å²) in [7, 11) is 1.94. The number of nitrogens with zero attached hydrogens (tertiary/aromatic N) is 5. The number of aromatic nitrogens is 3. The Balaban J connectivity index is 1.38. The van der Waals surface area contributed by atoms with Crippen LogP contribution in [0.4, 0.5) is 16.3 Å². The Morgan fingerprint density at radius 2 is 1.87 bits per heavy atom. The molecule has 2 aromatic carbocycles. The Morgan fingerprint density at radius 3 is 2.65 bits per heavy atom. The third kappa shape index (κ3) is 3.38. The molecule has 0 aliphatic carbocycles. The van der Waals surface area contributed by atoms with Gasteiger partial charge in [0, 0.05) is 44.1 Å². The van der Waals surface area contributed by atoms with E-state index >= 15 is 0 Å². The monoisotopic (exact) mass is 412 g/mol. The summed E-state index contributed by atoms with van der Waals surface area (Å²) in [6, 6.07) is 16.4. The van der Waals surface area contributed by atoms with Gasteiger partial charge in [-0.05, 0) is 30.2 Å². The first-order valence-electron chi connectivity index (χ1n) is 10.3. The number of anilines is 2. The van der Waals surface area contributed by atoms with Crippen molar-refractivity contribution in [2.75, 3.05) is 23.7 Å². The van der Waals surface area contributed by atoms with Crippen molar-refractivity contribution in [3.8, 4) is 11.1 Å². The van der Waals surface area contributed by atoms with Crippen molar-refractivity contribution in [3.63, 3.8) is 0 Å². The lowest BCUT2D eigenvalue weighted by Gasteiger charge is -2.19. The van der Waals surface area contributed by atoms with Crippen LogP contribution < -0.4 is 10.6 Å². The summed E-state index contributed by atoms with van der Waals surface area (Å²) in [5, 5.41) is 0.847. The Kier molecular flexibility index (Phi) is 4.58. The van der Waals surface area contributed by atoms with Crippen LogP contribution in [-0.2, 0) is 13.6 Å². The summed E-state index contributed by atoms with van der Waals surface area (Å²) in [5.74, 6) is 0.464. The molecular weight excluding hydrogens is 388 g/mol. The van der Waals surface area contributed by atoms with Gasteiger partial charge in [0.2, 0.25) is 0 Å². The van der Waals surface area contributed by atoms with Crippen LogP contribution in [0.2, 0.25) is 0 Å². The zero-order valence-corrected chi connectivity index (χ0v) is 17.6. The van der Waals surface area contributed by atoms with Crippen molar-refractivity contribution in [2.45, 2.75) is 13.5 Å². The first-order chi connectivity index (χ1) is 15.0. The van der Waals surface area contributed by atoms with Gasteiger partial charge in [-0.1, -0.05) is 42.0 Å². The summed E-state index contributed by atoms with van der Waals surface area (Å²) < 4.78 is 1.95. The van der Waals surface area contributed by atoms with Gasteiger partial charge in [-0.2, -0.15) is 0 Å². The van der Waals surface area contributed by atoms with Crippen molar-refractivity contribution in [3.05, 3.63) is 72.2 Å². The molecular formula is C24H24N6O. The van der Waals surface area contributed by atoms with Crippen molar-refractivity contribution >= 4 is 28.6 Å². The lowest BCUT2D eigenvalue weighted by molar-refractivity contribution is 0.219. The lowest BCUT2D eigenvalue weighted by Crippen LogP contribution is -2.31. The van der Waals surface area contributed by atoms with E-state index in [0.717, 1.165) is 33.4 Å². The molecule has 0 saturated carbocycles. The minimum Gasteiger partial charge on any atom is -0.383 e. The van der Waals surface area contributed by atoms with Gasteiger partial charge < -0.3 is 15.2 Å². The number of aryl methyl sites for hydroxylation is 2. The number of rotatable bonds is 4. The van der Waals surface area contributed by atoms with Gasteiger partial charge in [-0.25, -0.2) is 14.8 Å². The summed E-state index contributed by atoms with van der Waals surface area (Å²) in [6.07, 6.45) is 3.49. The zero-order chi connectivity index (χ0) is 21.5. The maximum Gasteiger partial charge on any atom is 0.324 e. The first kappa shape index (κ1) is 19.1. The zero-order valence-electron chi connectivity index (χ0n) is 17.6. The van der Waals surface area contributed by atoms with Gasteiger partial charge in [-0.3, -0.25) is 4.90 Å². The molecule has 2 aromatic heterocycles. The molecule has 31 heavy (non-hydrogen) atoms. The highest BCUT2D eigenvalue weighted by molar-refractivity contribution is 6.01. The average molecular weight is 412 g/mol. The van der Waals surface area contributed by atoms with E-state index < -0.39 is 0 Å². The molecule has 0 spiro atoms. The maximum atomic E-state index is 13.0. The summed E-state index contributed by atoms with van der Waals surface area (Å²) in [5.41, 5.74) is 12.2. The van der Waals surface area contributed by atoms with Crippen LogP contribution in [0.25, 0.3) is 22.2 Å². The average Bonchev–Trinajstić information content (AvgIpc) is 3.29. The lowest BCUT2D eigenvalue weighted by atomic mass is 10.1. The van der Waals surface area contributed by atoms with Crippen molar-refractivity contribution in [1.82, 2.24) is 19.4 Å². The minimum atomic E-state index is 0.0389. The van der Waals surface area contributed by atoms with Crippen LogP contribution in [-0.4, -0.2) is 38.6 Å². The summed E-state index contributed by atoms with van der Waals surface area (Å²) >= 11 is 0. The second-order valence-electron chi connectivity index (χ2n) is 8.00. The topological polar surface area (TPSA) is 80.3 Å². The van der Waals surface area contributed by atoms with E-state index in [2.05, 4.69) is 35.1 Å². The summed E-state index contributed by atoms with van der Waals surface area (Å²) in [4.78, 5) is 25.2. The molecule has 0 radical (unpaired) electrons. The van der Waals surface area contributed by atoms with Gasteiger partial charge in [0.15, 0.2) is 0 Å². The molecule has 0 unspecified atom stereocenters. The Bertz CT molecular complexity index is 1280. The number of fused-ring (bicyclic) bond motifs is 1. The Labute approximate surface area is 180 Å². The molecule has 0 bridgehead atoms. The van der Waals surface area contributed by atoms with E-state index in [1.807, 2.05) is 57.9 Å². The fraction of sp³-hybridized carbons (Fsp3) is 0.208. The second kappa shape index (κ2) is 7.43. The molecule has 1 fully saturated rings. The highest BCUT2D eigenvalue weighted by Crippen LogP contribution is 2.33. The van der Waals surface area contributed by atoms with Crippen molar-refractivity contribution in [1.29, 1.82) is 0 Å². The number of hydrogen-bond acceptors (Lipinski definition) is 4. The number of carbonyl (C=O) groups is 1. The molecule has 0 atom stereocenters. The van der Waals surface area contributed by atoms with Crippen LogP contribution in [0.5, 0.6) is 0 Å². The number of hydrogen-bond donors (Lipinski definition) is 1. The fourth-order valence-electron chi connectivity index (χ4n) is 4.27. The van der Waals surface area contributed by atoms with E-state index in [9.17, 15) is 4.79 Å². The normalized spacial score (nSPS) is 14.1. The maximum absolute atomic E-state index is 13.0. The molecule has 156 valence electrons. The van der Waals surface area contributed by atoms with Crippen molar-refractivity contribution < 1.29 is 4.79 Å². The highest BCUT2D eigenvalue weighted by Gasteiger charge is 2.29. The molecule has 5 rings (SSSR count). The van der Waals surface area contributed by atoms with E-state index in [-0.39, 0.29) is 6.03 Å². The van der Waals surface area contributed by atoms with Crippen LogP contribution in [0.3, 0.4) is 0 Å². The number of amides is 2. The molecule has 1 aliphatic heterocycles. The number of benzene rings is 2. The van der Waals surface area contributed by atoms with E-state index in [1.54, 1.807) is 0 Å². The number of carbonyl (C=O) groups excluding carboxylic acids is 1. The predicted octanol–water partition coefficient (Wildman–Crippen LogP) is 3.97. The third-order valence-corrected chi connectivity index (χ3v) is 5.82. The molecule has 7 nitrogen and oxygen atoms in total. The van der Waals surface area contributed by atoms with Crippen molar-refractivity contribution in [2.24, 2.45) is 7.05 Å². The Morgan fingerprint density at radius 1 is 1.06 bits per heavy atom. The smallest absolute Gasteiger partial charge is 0.324 e. The first-order valence-corrected chi connectivity index (χ1v) is 10.3. The predicted molar refractivity (Wildman–Crippen MR) is 123 cm³/mol. The molecule has 2 amide bonds. The van der Waals surface area contributed by atoms with Gasteiger partial charge >= 0.3 is 6.03 Å². The van der Waals surface area contributed by atoms with E-state index in [4.69, 9.17) is 5.73 Å². The van der Waals surface area contributed by atoms with E-state index in [1.165, 1.54) is 11.9 Å². The van der Waals surface area contributed by atoms with Crippen LogP contribution in [0.1, 0.15) is 11.1 Å². The molecule has 1 saturated heterocycles. The second-order valence-corrected chi connectivity index (χ2v) is 8.00. The molecule has 1 aliphatic rings. The molecule has 2 N–H and O–H groups in total. The minimum absolute atomic E-state index is 0.0389. The largest absolute Gasteiger partial charge is 0.383 e. The highest BCUT2D eigenvalue weighted by atomic mass is 16.2. The molecule has 7 heteroatoms. The molecule has 3 heterocycles. The SMILES string of the molecule is Cc1cccc(CN2CCN(c3ccc(-c4cn(C)c5ncnc(N)c45)cc3)C2=O)c1. The number of nitrogens with two attached hydrogens (primary N) is 1.